The second-order valence-corrected chi connectivity index (χ2v) is 17.6. The summed E-state index contributed by atoms with van der Waals surface area (Å²) in [5.74, 6) is 5.27. The Hall–Kier alpha value is -1.22. The number of rotatable bonds is 17. The number of carbonyl (C=O) groups is 1. The monoisotopic (exact) mass is 574 g/mol. The summed E-state index contributed by atoms with van der Waals surface area (Å²) in [5.41, 5.74) is 5.87. The summed E-state index contributed by atoms with van der Waals surface area (Å²) in [6.07, 6.45) is 5.16. The molecule has 0 radical (unpaired) electrons. The van der Waals surface area contributed by atoms with Gasteiger partial charge in [0.25, 0.3) is 0 Å². The molecule has 0 aliphatic rings. The van der Waals surface area contributed by atoms with E-state index in [9.17, 15) is 13.2 Å². The predicted molar refractivity (Wildman–Crippen MR) is 143 cm³/mol. The minimum Gasteiger partial charge on any atom is -0.380 e. The summed E-state index contributed by atoms with van der Waals surface area (Å²) in [6.45, 7) is 7.67. The van der Waals surface area contributed by atoms with Gasteiger partial charge in [-0.3, -0.25) is 4.79 Å². The molecule has 0 saturated carbocycles. The molecule has 0 aliphatic carbocycles. The van der Waals surface area contributed by atoms with Gasteiger partial charge in [0, 0.05) is 38.6 Å². The summed E-state index contributed by atoms with van der Waals surface area (Å²) in [5, 5.41) is 1.04. The van der Waals surface area contributed by atoms with Crippen LogP contribution in [0.5, 0.6) is 0 Å². The lowest BCUT2D eigenvalue weighted by atomic mass is 10.2. The Morgan fingerprint density at radius 2 is 1.82 bits per heavy atom. The maximum absolute atomic E-state index is 13.1. The molecule has 0 saturated heterocycles. The Kier molecular flexibility index (Phi) is 14.9. The van der Waals surface area contributed by atoms with Gasteiger partial charge in [0.1, 0.15) is 6.73 Å². The first-order chi connectivity index (χ1) is 16.1. The van der Waals surface area contributed by atoms with E-state index in [1.165, 1.54) is 25.0 Å². The minimum absolute atomic E-state index is 0.0501. The molecular weight excluding hydrogens is 536 g/mol. The van der Waals surface area contributed by atoms with Gasteiger partial charge in [-0.1, -0.05) is 66.3 Å². The van der Waals surface area contributed by atoms with Crippen molar-refractivity contribution in [1.82, 2.24) is 4.31 Å². The lowest BCUT2D eigenvalue weighted by Gasteiger charge is -2.22. The average molecular weight is 576 g/mol. The number of unbranched alkanes of at least 4 members (excludes halogenated alkanes) is 3. The number of benzene rings is 1. The van der Waals surface area contributed by atoms with Crippen LogP contribution >= 0.6 is 15.9 Å². The van der Waals surface area contributed by atoms with E-state index in [2.05, 4.69) is 47.4 Å². The number of nitrogens with zero attached hydrogens (tertiary/aromatic N) is 1. The summed E-state index contributed by atoms with van der Waals surface area (Å²) < 4.78 is 38.4. The van der Waals surface area contributed by atoms with E-state index in [0.29, 0.717) is 25.2 Å². The highest BCUT2D eigenvalue weighted by atomic mass is 79.9. The molecule has 2 N–H and O–H groups in total. The number of halogens is 1. The average Bonchev–Trinajstić information content (AvgIpc) is 2.76. The van der Waals surface area contributed by atoms with Crippen molar-refractivity contribution in [3.8, 4) is 11.8 Å². The van der Waals surface area contributed by atoms with E-state index in [1.54, 1.807) is 12.1 Å². The van der Waals surface area contributed by atoms with Crippen molar-refractivity contribution in [2.45, 2.75) is 62.7 Å². The van der Waals surface area contributed by atoms with Crippen molar-refractivity contribution in [2.75, 3.05) is 38.4 Å². The van der Waals surface area contributed by atoms with Gasteiger partial charge in [-0.15, -0.1) is 0 Å². The fourth-order valence-corrected chi connectivity index (χ4v) is 5.33. The van der Waals surface area contributed by atoms with E-state index in [1.807, 2.05) is 0 Å². The first kappa shape index (κ1) is 30.8. The topological polar surface area (TPSA) is 98.9 Å². The zero-order chi connectivity index (χ0) is 25.5. The number of alkyl halides is 1. The molecule has 0 aliphatic heterocycles. The highest BCUT2D eigenvalue weighted by molar-refractivity contribution is 9.09. The molecule has 0 bridgehead atoms. The summed E-state index contributed by atoms with van der Waals surface area (Å²) >= 11 is 3.42. The number of hydrogen-bond donors (Lipinski definition) is 1. The van der Waals surface area contributed by atoms with Crippen molar-refractivity contribution in [3.05, 3.63) is 29.8 Å². The molecule has 1 amide bonds. The van der Waals surface area contributed by atoms with Crippen molar-refractivity contribution in [2.24, 2.45) is 5.73 Å². The van der Waals surface area contributed by atoms with Crippen LogP contribution in [0.2, 0.25) is 25.7 Å². The molecular formula is C24H39BrN2O5SSi. The molecule has 0 spiro atoms. The van der Waals surface area contributed by atoms with Crippen LogP contribution in [0.4, 0.5) is 0 Å². The van der Waals surface area contributed by atoms with Crippen LogP contribution in [-0.2, 0) is 24.3 Å². The van der Waals surface area contributed by atoms with Gasteiger partial charge < -0.3 is 15.2 Å². The number of nitrogens with two attached hydrogens (primary N) is 1. The third-order valence-electron chi connectivity index (χ3n) is 4.81. The summed E-state index contributed by atoms with van der Waals surface area (Å²) in [6, 6.07) is 7.26. The van der Waals surface area contributed by atoms with Crippen molar-refractivity contribution < 1.29 is 22.7 Å². The molecule has 34 heavy (non-hydrogen) atoms. The van der Waals surface area contributed by atoms with Crippen LogP contribution in [-0.4, -0.2) is 65.1 Å². The van der Waals surface area contributed by atoms with E-state index >= 15 is 0 Å². The molecule has 1 aromatic rings. The minimum atomic E-state index is -3.96. The zero-order valence-corrected chi connectivity index (χ0v) is 24.0. The van der Waals surface area contributed by atoms with Gasteiger partial charge in [0.15, 0.2) is 0 Å². The number of amides is 1. The second-order valence-electron chi connectivity index (χ2n) is 9.22. The highest BCUT2D eigenvalue weighted by Gasteiger charge is 2.26. The normalized spacial score (nSPS) is 11.9. The Balaban J connectivity index is 2.68. The summed E-state index contributed by atoms with van der Waals surface area (Å²) in [7, 11) is -5.28. The molecule has 192 valence electrons. The number of sulfonamides is 1. The van der Waals surface area contributed by atoms with Gasteiger partial charge in [-0.2, -0.15) is 4.31 Å². The molecule has 0 atom stereocenters. The van der Waals surface area contributed by atoms with Gasteiger partial charge in [0.05, 0.1) is 18.0 Å². The zero-order valence-electron chi connectivity index (χ0n) is 20.6. The smallest absolute Gasteiger partial charge is 0.245 e. The fraction of sp³-hybridized carbons (Fsp3) is 0.625. The quantitative estimate of drug-likeness (QED) is 0.0988. The highest BCUT2D eigenvalue weighted by Crippen LogP contribution is 2.17. The molecule has 0 heterocycles. The molecule has 1 aromatic carbocycles. The van der Waals surface area contributed by atoms with Crippen LogP contribution in [0.25, 0.3) is 0 Å². The van der Waals surface area contributed by atoms with Crippen molar-refractivity contribution in [3.63, 3.8) is 0 Å². The molecule has 7 nitrogen and oxygen atoms in total. The maximum Gasteiger partial charge on any atom is 0.245 e. The molecule has 0 unspecified atom stereocenters. The largest absolute Gasteiger partial charge is 0.380 e. The van der Waals surface area contributed by atoms with E-state index in [-0.39, 0.29) is 11.6 Å². The van der Waals surface area contributed by atoms with Crippen LogP contribution in [0.1, 0.15) is 37.7 Å². The number of primary amides is 1. The molecule has 1 rings (SSSR count). The second kappa shape index (κ2) is 16.4. The lowest BCUT2D eigenvalue weighted by Crippen LogP contribution is -2.40. The SMILES string of the molecule is C[Si](C)(C)CCOCN(CC(N)=O)S(=O)(=O)c1cccc(C#CCCOCCCCCCBr)c1. The summed E-state index contributed by atoms with van der Waals surface area (Å²) in [4.78, 5) is 11.5. The fourth-order valence-electron chi connectivity index (χ4n) is 2.84. The Bertz CT molecular complexity index is 910. The standard InChI is InChI=1S/C24H39BrN2O5SSi/c1-34(2,3)18-17-32-21-27(20-24(26)28)33(29,30)23-13-10-12-22(19-23)11-6-9-16-31-15-8-5-4-7-14-25/h10,12-13,19H,4-5,7-9,14-18,20-21H2,1-3H3,(H2,26,28). The van der Waals surface area contributed by atoms with Gasteiger partial charge in [-0.25, -0.2) is 8.42 Å². The Labute approximate surface area is 214 Å². The number of hydrogen-bond acceptors (Lipinski definition) is 5. The van der Waals surface area contributed by atoms with E-state index < -0.39 is 30.5 Å². The Morgan fingerprint density at radius 3 is 2.50 bits per heavy atom. The van der Waals surface area contributed by atoms with E-state index in [0.717, 1.165) is 35.1 Å². The molecule has 0 aromatic heterocycles. The number of ether oxygens (including phenoxy) is 2. The third-order valence-corrected chi connectivity index (χ3v) is 8.84. The van der Waals surface area contributed by atoms with Crippen LogP contribution in [0.3, 0.4) is 0 Å². The van der Waals surface area contributed by atoms with E-state index in [4.69, 9.17) is 15.2 Å². The Morgan fingerprint density at radius 1 is 1.09 bits per heavy atom. The molecule has 10 heteroatoms. The van der Waals surface area contributed by atoms with Gasteiger partial charge >= 0.3 is 0 Å². The lowest BCUT2D eigenvalue weighted by molar-refractivity contribution is -0.119. The third kappa shape index (κ3) is 13.6. The van der Waals surface area contributed by atoms with Crippen LogP contribution in [0, 0.1) is 11.8 Å². The maximum atomic E-state index is 13.1. The first-order valence-corrected chi connectivity index (χ1v) is 17.9. The van der Waals surface area contributed by atoms with Crippen molar-refractivity contribution in [1.29, 1.82) is 0 Å². The van der Waals surface area contributed by atoms with Gasteiger partial charge in [-0.05, 0) is 37.1 Å². The first-order valence-electron chi connectivity index (χ1n) is 11.6. The predicted octanol–water partition coefficient (Wildman–Crippen LogP) is 4.19. The van der Waals surface area contributed by atoms with Gasteiger partial charge in [0.2, 0.25) is 15.9 Å². The van der Waals surface area contributed by atoms with Crippen LogP contribution < -0.4 is 5.73 Å². The molecule has 0 fully saturated rings. The van der Waals surface area contributed by atoms with Crippen LogP contribution in [0.15, 0.2) is 29.2 Å². The number of carbonyl (C=O) groups excluding carboxylic acids is 1. The van der Waals surface area contributed by atoms with Crippen molar-refractivity contribution >= 4 is 39.9 Å².